The zero-order valence-electron chi connectivity index (χ0n) is 30.5. The molecule has 1 aliphatic heterocycles. The van der Waals surface area contributed by atoms with Gasteiger partial charge in [0.15, 0.2) is 5.78 Å². The number of esters is 1. The van der Waals surface area contributed by atoms with Gasteiger partial charge in [-0.15, -0.1) is 0 Å². The van der Waals surface area contributed by atoms with Crippen molar-refractivity contribution in [1.29, 1.82) is 0 Å². The second-order valence-corrected chi connectivity index (χ2v) is 13.7. The van der Waals surface area contributed by atoms with E-state index in [0.29, 0.717) is 24.8 Å². The van der Waals surface area contributed by atoms with Crippen LogP contribution >= 0.6 is 0 Å². The standard InChI is InChI=1S/C39H52N8O6/c1-3-4-15-29(23-33(48)31(21-27-13-9-6-10-14-27)45-35(50)30(40)20-26-11-7-5-8-12-26)34(49)46-32(22-28-24-43-38(41)44-25-28)36(51)47-18-16-39(42,17-19-47)37(52)53-2/h5-14,24-25,29-32H,3-4,15-23,40,42H2,1-2H3,(H,45,50)(H,46,49)(H2,41,43,44)/t29-,30+,31+,32+/m0/s1. The molecular formula is C39H52N8O6. The summed E-state index contributed by atoms with van der Waals surface area (Å²) in [7, 11) is 1.27. The monoisotopic (exact) mass is 728 g/mol. The molecule has 284 valence electrons. The molecule has 0 saturated carbocycles. The zero-order valence-corrected chi connectivity index (χ0v) is 30.5. The predicted molar refractivity (Wildman–Crippen MR) is 200 cm³/mol. The van der Waals surface area contributed by atoms with Gasteiger partial charge in [-0.05, 0) is 48.8 Å². The van der Waals surface area contributed by atoms with Crippen LogP contribution in [-0.4, -0.2) is 88.2 Å². The average molecular weight is 729 g/mol. The van der Waals surface area contributed by atoms with Crippen LogP contribution in [0.5, 0.6) is 0 Å². The van der Waals surface area contributed by atoms with E-state index in [0.717, 1.165) is 17.5 Å². The van der Waals surface area contributed by atoms with Gasteiger partial charge in [-0.1, -0.05) is 80.4 Å². The molecule has 0 aliphatic carbocycles. The van der Waals surface area contributed by atoms with E-state index in [1.165, 1.54) is 19.5 Å². The molecule has 14 nitrogen and oxygen atoms in total. The van der Waals surface area contributed by atoms with E-state index in [1.54, 1.807) is 4.90 Å². The number of likely N-dealkylation sites (tertiary alicyclic amines) is 1. The fraction of sp³-hybridized carbons (Fsp3) is 0.462. The molecule has 53 heavy (non-hydrogen) atoms. The first-order valence-corrected chi connectivity index (χ1v) is 18.1. The molecule has 3 aromatic rings. The van der Waals surface area contributed by atoms with E-state index in [9.17, 15) is 24.0 Å². The summed E-state index contributed by atoms with van der Waals surface area (Å²) in [4.78, 5) is 77.4. The molecule has 4 atom stereocenters. The number of ether oxygens (including phenoxy) is 1. The molecule has 0 unspecified atom stereocenters. The third-order valence-electron chi connectivity index (χ3n) is 9.69. The van der Waals surface area contributed by atoms with Crippen LogP contribution in [0.2, 0.25) is 0 Å². The maximum absolute atomic E-state index is 14.1. The number of nitrogen functional groups attached to an aromatic ring is 1. The van der Waals surface area contributed by atoms with Crippen LogP contribution in [0.3, 0.4) is 0 Å². The number of carbonyl (C=O) groups excluding carboxylic acids is 5. The molecule has 1 fully saturated rings. The van der Waals surface area contributed by atoms with Crippen molar-refractivity contribution >= 4 is 35.4 Å². The molecule has 14 heteroatoms. The van der Waals surface area contributed by atoms with Gasteiger partial charge in [0.25, 0.3) is 0 Å². The molecule has 3 amide bonds. The number of methoxy groups -OCH3 is 1. The summed E-state index contributed by atoms with van der Waals surface area (Å²) in [6.45, 7) is 2.35. The van der Waals surface area contributed by atoms with E-state index in [1.807, 2.05) is 67.6 Å². The number of nitrogens with zero attached hydrogens (tertiary/aromatic N) is 3. The lowest BCUT2D eigenvalue weighted by Gasteiger charge is -2.38. The lowest BCUT2D eigenvalue weighted by atomic mass is 9.88. The first kappa shape index (κ1) is 40.6. The molecular weight excluding hydrogens is 676 g/mol. The number of nitrogens with one attached hydrogen (secondary N) is 2. The Bertz CT molecular complexity index is 1670. The average Bonchev–Trinajstić information content (AvgIpc) is 3.17. The Morgan fingerprint density at radius 1 is 0.830 bits per heavy atom. The largest absolute Gasteiger partial charge is 0.468 e. The van der Waals surface area contributed by atoms with Crippen molar-refractivity contribution in [1.82, 2.24) is 25.5 Å². The van der Waals surface area contributed by atoms with Crippen molar-refractivity contribution in [2.24, 2.45) is 17.4 Å². The SMILES string of the molecule is CCCC[C@@H](CC(=O)[C@@H](Cc1ccccc1)NC(=O)[C@H](N)Cc1ccccc1)C(=O)N[C@H](Cc1cnc(N)nc1)C(=O)N1CCC(N)(C(=O)OC)CC1. The van der Waals surface area contributed by atoms with Crippen molar-refractivity contribution in [2.75, 3.05) is 25.9 Å². The maximum atomic E-state index is 14.1. The summed E-state index contributed by atoms with van der Waals surface area (Å²) in [5.41, 5.74) is 19.3. The number of benzene rings is 2. The fourth-order valence-electron chi connectivity index (χ4n) is 6.45. The molecule has 1 aromatic heterocycles. The Morgan fingerprint density at radius 3 is 1.94 bits per heavy atom. The number of anilines is 1. The Hall–Kier alpha value is -5.21. The van der Waals surface area contributed by atoms with Crippen molar-refractivity contribution in [3.8, 4) is 0 Å². The van der Waals surface area contributed by atoms with Crippen molar-refractivity contribution in [3.63, 3.8) is 0 Å². The lowest BCUT2D eigenvalue weighted by Crippen LogP contribution is -2.59. The van der Waals surface area contributed by atoms with Crippen LogP contribution in [-0.2, 0) is 48.0 Å². The van der Waals surface area contributed by atoms with Crippen molar-refractivity contribution in [2.45, 2.75) is 88.4 Å². The van der Waals surface area contributed by atoms with Gasteiger partial charge in [-0.25, -0.2) is 9.97 Å². The molecule has 8 N–H and O–H groups in total. The van der Waals surface area contributed by atoms with Gasteiger partial charge >= 0.3 is 5.97 Å². The minimum atomic E-state index is -1.21. The van der Waals surface area contributed by atoms with E-state index in [-0.39, 0.29) is 62.8 Å². The molecule has 4 rings (SSSR count). The number of piperidine rings is 1. The lowest BCUT2D eigenvalue weighted by molar-refractivity contribution is -0.151. The summed E-state index contributed by atoms with van der Waals surface area (Å²) >= 11 is 0. The number of hydrogen-bond acceptors (Lipinski definition) is 11. The number of ketones is 1. The van der Waals surface area contributed by atoms with E-state index in [2.05, 4.69) is 20.6 Å². The number of rotatable bonds is 18. The second-order valence-electron chi connectivity index (χ2n) is 13.7. The first-order chi connectivity index (χ1) is 25.4. The molecule has 2 heterocycles. The molecule has 0 radical (unpaired) electrons. The predicted octanol–water partition coefficient (Wildman–Crippen LogP) is 1.64. The first-order valence-electron chi connectivity index (χ1n) is 18.1. The highest BCUT2D eigenvalue weighted by Crippen LogP contribution is 2.23. The topological polar surface area (TPSA) is 226 Å². The third kappa shape index (κ3) is 11.9. The normalized spacial score (nSPS) is 16.0. The highest BCUT2D eigenvalue weighted by molar-refractivity contribution is 5.95. The number of hydrogen-bond donors (Lipinski definition) is 5. The Balaban J connectivity index is 1.52. The summed E-state index contributed by atoms with van der Waals surface area (Å²) in [6.07, 6.45) is 5.58. The van der Waals surface area contributed by atoms with Crippen LogP contribution in [0, 0.1) is 5.92 Å². The molecule has 0 spiro atoms. The molecule has 1 saturated heterocycles. The smallest absolute Gasteiger partial charge is 0.325 e. The van der Waals surface area contributed by atoms with E-state index in [4.69, 9.17) is 21.9 Å². The number of carbonyl (C=O) groups is 5. The Morgan fingerprint density at radius 2 is 1.38 bits per heavy atom. The highest BCUT2D eigenvalue weighted by Gasteiger charge is 2.41. The quantitative estimate of drug-likeness (QED) is 0.118. The summed E-state index contributed by atoms with van der Waals surface area (Å²) in [6, 6.07) is 15.8. The van der Waals surface area contributed by atoms with Crippen LogP contribution in [0.4, 0.5) is 5.95 Å². The van der Waals surface area contributed by atoms with E-state index >= 15 is 0 Å². The van der Waals surface area contributed by atoms with E-state index < -0.39 is 47.4 Å². The van der Waals surface area contributed by atoms with Gasteiger partial charge in [0, 0.05) is 44.2 Å². The Labute approximate surface area is 310 Å². The molecule has 2 aromatic carbocycles. The fourth-order valence-corrected chi connectivity index (χ4v) is 6.45. The molecule has 0 bridgehead atoms. The van der Waals surface area contributed by atoms with Gasteiger partial charge in [0.05, 0.1) is 19.2 Å². The van der Waals surface area contributed by atoms with Crippen molar-refractivity contribution < 1.29 is 28.7 Å². The number of aromatic nitrogens is 2. The summed E-state index contributed by atoms with van der Waals surface area (Å²) < 4.78 is 4.87. The summed E-state index contributed by atoms with van der Waals surface area (Å²) in [5.74, 6) is -2.89. The van der Waals surface area contributed by atoms with Crippen LogP contribution in [0.1, 0.15) is 62.1 Å². The van der Waals surface area contributed by atoms with Gasteiger partial charge < -0.3 is 37.5 Å². The van der Waals surface area contributed by atoms with Crippen LogP contribution in [0.25, 0.3) is 0 Å². The minimum Gasteiger partial charge on any atom is -0.468 e. The zero-order chi connectivity index (χ0) is 38.4. The van der Waals surface area contributed by atoms with Crippen LogP contribution < -0.4 is 27.8 Å². The van der Waals surface area contributed by atoms with Gasteiger partial charge in [-0.3, -0.25) is 24.0 Å². The third-order valence-corrected chi connectivity index (χ3v) is 9.69. The number of amides is 3. The van der Waals surface area contributed by atoms with Gasteiger partial charge in [-0.2, -0.15) is 0 Å². The summed E-state index contributed by atoms with van der Waals surface area (Å²) in [5, 5.41) is 5.79. The number of unbranched alkanes of at least 4 members (excludes halogenated alkanes) is 1. The highest BCUT2D eigenvalue weighted by atomic mass is 16.5. The van der Waals surface area contributed by atoms with Gasteiger partial charge in [0.2, 0.25) is 23.7 Å². The Kier molecular flexibility index (Phi) is 15.0. The number of nitrogens with two attached hydrogens (primary N) is 3. The van der Waals surface area contributed by atoms with Crippen molar-refractivity contribution in [3.05, 3.63) is 89.7 Å². The number of Topliss-reactive ketones (excluding diaryl/α,β-unsaturated/α-hetero) is 1. The molecule has 1 aliphatic rings. The van der Waals surface area contributed by atoms with Gasteiger partial charge in [0.1, 0.15) is 11.6 Å². The second kappa shape index (κ2) is 19.6. The van der Waals surface area contributed by atoms with Crippen LogP contribution in [0.15, 0.2) is 73.1 Å². The minimum absolute atomic E-state index is 0.0621. The maximum Gasteiger partial charge on any atom is 0.325 e.